The molecule has 4 rings (SSSR count). The van der Waals surface area contributed by atoms with Crippen molar-refractivity contribution in [3.05, 3.63) is 65.1 Å². The molecule has 6 heteroatoms. The zero-order valence-electron chi connectivity index (χ0n) is 15.2. The summed E-state index contributed by atoms with van der Waals surface area (Å²) in [5.74, 6) is -0.130. The van der Waals surface area contributed by atoms with Gasteiger partial charge < -0.3 is 9.80 Å². The highest BCUT2D eigenvalue weighted by Gasteiger charge is 2.28. The van der Waals surface area contributed by atoms with Gasteiger partial charge >= 0.3 is 0 Å². The van der Waals surface area contributed by atoms with E-state index >= 15 is 0 Å². The summed E-state index contributed by atoms with van der Waals surface area (Å²) in [5.41, 5.74) is 2.29. The van der Waals surface area contributed by atoms with E-state index in [1.807, 2.05) is 24.3 Å². The van der Waals surface area contributed by atoms with Crippen molar-refractivity contribution in [1.82, 2.24) is 4.90 Å². The van der Waals surface area contributed by atoms with Crippen LogP contribution in [-0.4, -0.2) is 48.4 Å². The minimum atomic E-state index is -0.130. The largest absolute Gasteiger partial charge is 0.368 e. The minimum Gasteiger partial charge on any atom is -0.368 e. The van der Waals surface area contributed by atoms with E-state index in [1.165, 1.54) is 22.3 Å². The second-order valence-electron chi connectivity index (χ2n) is 6.39. The van der Waals surface area contributed by atoms with E-state index in [0.29, 0.717) is 4.91 Å². The lowest BCUT2D eigenvalue weighted by molar-refractivity contribution is -0.113. The second kappa shape index (κ2) is 8.23. The fourth-order valence-corrected chi connectivity index (χ4v) is 4.55. The third-order valence-corrected chi connectivity index (χ3v) is 6.48. The van der Waals surface area contributed by atoms with E-state index < -0.39 is 0 Å². The van der Waals surface area contributed by atoms with Gasteiger partial charge in [-0.2, -0.15) is 4.99 Å². The third kappa shape index (κ3) is 4.22. The number of piperazine rings is 1. The lowest BCUT2D eigenvalue weighted by Crippen LogP contribution is -2.47. The number of aliphatic imine (C=N–C) groups is 1. The number of hydrogen-bond acceptors (Lipinski definition) is 5. The third-order valence-electron chi connectivity index (χ3n) is 4.69. The van der Waals surface area contributed by atoms with Gasteiger partial charge in [0.05, 0.1) is 4.91 Å². The molecular weight excluding hydrogens is 374 g/mol. The van der Waals surface area contributed by atoms with Crippen LogP contribution < -0.4 is 4.90 Å². The SMILES string of the molecule is CSc1ccc(/C=C2/SC(N3CCN(c4ccccc4)CC3)=NC2=O)cc1. The molecular formula is C21H21N3OS2. The van der Waals surface area contributed by atoms with Crippen molar-refractivity contribution in [2.45, 2.75) is 4.90 Å². The number of para-hydroxylation sites is 1. The van der Waals surface area contributed by atoms with Crippen LogP contribution in [0.1, 0.15) is 5.56 Å². The van der Waals surface area contributed by atoms with Gasteiger partial charge in [-0.1, -0.05) is 30.3 Å². The molecule has 0 saturated carbocycles. The van der Waals surface area contributed by atoms with E-state index in [9.17, 15) is 4.79 Å². The number of thioether (sulfide) groups is 2. The van der Waals surface area contributed by atoms with Crippen molar-refractivity contribution in [3.8, 4) is 0 Å². The number of amidine groups is 1. The number of amides is 1. The number of benzene rings is 2. The average Bonchev–Trinajstić information content (AvgIpc) is 3.10. The molecule has 2 aliphatic rings. The summed E-state index contributed by atoms with van der Waals surface area (Å²) in [6, 6.07) is 18.7. The first kappa shape index (κ1) is 18.2. The maximum atomic E-state index is 12.3. The Labute approximate surface area is 168 Å². The molecule has 2 heterocycles. The molecule has 1 saturated heterocycles. The predicted octanol–water partition coefficient (Wildman–Crippen LogP) is 4.20. The molecule has 0 spiro atoms. The molecule has 2 aromatic carbocycles. The fraction of sp³-hybridized carbons (Fsp3) is 0.238. The Morgan fingerprint density at radius 1 is 0.963 bits per heavy atom. The van der Waals surface area contributed by atoms with Crippen LogP contribution in [-0.2, 0) is 4.79 Å². The molecule has 0 aliphatic carbocycles. The van der Waals surface area contributed by atoms with Crippen LogP contribution in [0.25, 0.3) is 6.08 Å². The van der Waals surface area contributed by atoms with Crippen LogP contribution >= 0.6 is 23.5 Å². The molecule has 0 radical (unpaired) electrons. The van der Waals surface area contributed by atoms with E-state index in [0.717, 1.165) is 36.9 Å². The summed E-state index contributed by atoms with van der Waals surface area (Å²) in [5, 5.41) is 0.833. The minimum absolute atomic E-state index is 0.130. The van der Waals surface area contributed by atoms with Gasteiger partial charge in [0.2, 0.25) is 0 Å². The van der Waals surface area contributed by atoms with Crippen LogP contribution in [0.15, 0.2) is 69.4 Å². The van der Waals surface area contributed by atoms with Crippen LogP contribution in [0.2, 0.25) is 0 Å². The van der Waals surface area contributed by atoms with Gasteiger partial charge in [0.1, 0.15) is 0 Å². The zero-order chi connectivity index (χ0) is 18.6. The summed E-state index contributed by atoms with van der Waals surface area (Å²) in [4.78, 5) is 23.1. The average molecular weight is 396 g/mol. The Morgan fingerprint density at radius 3 is 2.30 bits per heavy atom. The van der Waals surface area contributed by atoms with Crippen LogP contribution in [0, 0.1) is 0 Å². The van der Waals surface area contributed by atoms with Gasteiger partial charge in [0, 0.05) is 36.8 Å². The van der Waals surface area contributed by atoms with Crippen LogP contribution in [0.4, 0.5) is 5.69 Å². The molecule has 138 valence electrons. The first-order chi connectivity index (χ1) is 13.2. The van der Waals surface area contributed by atoms with Gasteiger partial charge in [-0.25, -0.2) is 0 Å². The fourth-order valence-electron chi connectivity index (χ4n) is 3.18. The summed E-state index contributed by atoms with van der Waals surface area (Å²) in [6.07, 6.45) is 4.00. The molecule has 1 fully saturated rings. The van der Waals surface area contributed by atoms with Crippen molar-refractivity contribution >= 4 is 46.4 Å². The molecule has 27 heavy (non-hydrogen) atoms. The number of hydrogen-bond donors (Lipinski definition) is 0. The lowest BCUT2D eigenvalue weighted by atomic mass is 10.2. The van der Waals surface area contributed by atoms with Crippen molar-refractivity contribution < 1.29 is 4.79 Å². The van der Waals surface area contributed by atoms with Gasteiger partial charge in [-0.15, -0.1) is 11.8 Å². The standard InChI is InChI=1S/C21H21N3OS2/c1-26-18-9-7-16(8-10-18)15-19-20(25)22-21(27-19)24-13-11-23(12-14-24)17-5-3-2-4-6-17/h2-10,15H,11-14H2,1H3/b19-15+. The number of carbonyl (C=O) groups is 1. The predicted molar refractivity (Wildman–Crippen MR) is 116 cm³/mol. The van der Waals surface area contributed by atoms with E-state index in [2.05, 4.69) is 57.4 Å². The van der Waals surface area contributed by atoms with Crippen LogP contribution in [0.5, 0.6) is 0 Å². The van der Waals surface area contributed by atoms with E-state index in [-0.39, 0.29) is 5.91 Å². The Morgan fingerprint density at radius 2 is 1.63 bits per heavy atom. The Bertz CT molecular complexity index is 870. The summed E-state index contributed by atoms with van der Waals surface area (Å²) in [6.45, 7) is 3.63. The molecule has 0 aromatic heterocycles. The highest BCUT2D eigenvalue weighted by Crippen LogP contribution is 2.31. The molecule has 2 aliphatic heterocycles. The highest BCUT2D eigenvalue weighted by atomic mass is 32.2. The van der Waals surface area contributed by atoms with Crippen molar-refractivity contribution in [2.24, 2.45) is 4.99 Å². The number of anilines is 1. The van der Waals surface area contributed by atoms with Crippen molar-refractivity contribution in [3.63, 3.8) is 0 Å². The normalized spacial score (nSPS) is 18.9. The maximum Gasteiger partial charge on any atom is 0.286 e. The molecule has 2 aromatic rings. The van der Waals surface area contributed by atoms with Gasteiger partial charge in [-0.3, -0.25) is 4.79 Å². The van der Waals surface area contributed by atoms with Crippen molar-refractivity contribution in [2.75, 3.05) is 37.3 Å². The first-order valence-electron chi connectivity index (χ1n) is 8.94. The quantitative estimate of drug-likeness (QED) is 0.575. The number of carbonyl (C=O) groups excluding carboxylic acids is 1. The number of nitrogens with zero attached hydrogens (tertiary/aromatic N) is 3. The molecule has 0 bridgehead atoms. The zero-order valence-corrected chi connectivity index (χ0v) is 16.8. The first-order valence-corrected chi connectivity index (χ1v) is 11.0. The van der Waals surface area contributed by atoms with E-state index in [1.54, 1.807) is 11.8 Å². The number of rotatable bonds is 3. The molecule has 0 N–H and O–H groups in total. The smallest absolute Gasteiger partial charge is 0.286 e. The van der Waals surface area contributed by atoms with Crippen LogP contribution in [0.3, 0.4) is 0 Å². The molecule has 4 nitrogen and oxygen atoms in total. The second-order valence-corrected chi connectivity index (χ2v) is 8.28. The topological polar surface area (TPSA) is 35.9 Å². The summed E-state index contributed by atoms with van der Waals surface area (Å²) < 4.78 is 0. The Balaban J connectivity index is 1.39. The van der Waals surface area contributed by atoms with Crippen molar-refractivity contribution in [1.29, 1.82) is 0 Å². The van der Waals surface area contributed by atoms with E-state index in [4.69, 9.17) is 0 Å². The molecule has 0 unspecified atom stereocenters. The maximum absolute atomic E-state index is 12.3. The summed E-state index contributed by atoms with van der Waals surface area (Å²) in [7, 11) is 0. The monoisotopic (exact) mass is 395 g/mol. The Kier molecular flexibility index (Phi) is 5.55. The Hall–Kier alpha value is -2.18. The van der Waals surface area contributed by atoms with Gasteiger partial charge in [0.15, 0.2) is 5.17 Å². The molecule has 1 amide bonds. The van der Waals surface area contributed by atoms with Gasteiger partial charge in [0.25, 0.3) is 5.91 Å². The summed E-state index contributed by atoms with van der Waals surface area (Å²) >= 11 is 3.20. The van der Waals surface area contributed by atoms with Gasteiger partial charge in [-0.05, 0) is 53.9 Å². The lowest BCUT2D eigenvalue weighted by Gasteiger charge is -2.36. The highest BCUT2D eigenvalue weighted by molar-refractivity contribution is 8.18. The molecule has 0 atom stereocenters.